The molecule has 0 aliphatic carbocycles. The van der Waals surface area contributed by atoms with Crippen molar-refractivity contribution in [3.05, 3.63) is 58.5 Å². The van der Waals surface area contributed by atoms with E-state index in [1.807, 2.05) is 30.3 Å². The van der Waals surface area contributed by atoms with Gasteiger partial charge in [-0.15, -0.1) is 0 Å². The van der Waals surface area contributed by atoms with Crippen molar-refractivity contribution in [1.29, 1.82) is 0 Å². The van der Waals surface area contributed by atoms with E-state index in [-0.39, 0.29) is 0 Å². The number of rotatable bonds is 4. The molecule has 0 fully saturated rings. The molecule has 0 radical (unpaired) electrons. The lowest BCUT2D eigenvalue weighted by Gasteiger charge is -1.98. The van der Waals surface area contributed by atoms with Crippen molar-refractivity contribution < 1.29 is 9.66 Å². The van der Waals surface area contributed by atoms with E-state index in [0.717, 1.165) is 18.0 Å². The van der Waals surface area contributed by atoms with Crippen molar-refractivity contribution in [3.8, 4) is 0 Å². The average Bonchev–Trinajstić information content (AvgIpc) is 2.14. The molecule has 4 heteroatoms. The summed E-state index contributed by atoms with van der Waals surface area (Å²) in [7, 11) is 0. The van der Waals surface area contributed by atoms with Crippen LogP contribution in [0.1, 0.15) is 5.56 Å². The minimum Gasteiger partial charge on any atom is -0.490 e. The summed E-state index contributed by atoms with van der Waals surface area (Å²) in [5.41, 5.74) is 0.982. The summed E-state index contributed by atoms with van der Waals surface area (Å²) in [5, 5.41) is 9.85. The Hall–Kier alpha value is -1.84. The summed E-state index contributed by atoms with van der Waals surface area (Å²) >= 11 is 0. The predicted octanol–water partition coefficient (Wildman–Crippen LogP) is 1.95. The molecule has 13 heavy (non-hydrogen) atoms. The Balaban J connectivity index is 2.32. The van der Waals surface area contributed by atoms with E-state index in [4.69, 9.17) is 4.74 Å². The topological polar surface area (TPSA) is 52.4 Å². The van der Waals surface area contributed by atoms with Gasteiger partial charge in [-0.25, -0.2) is 0 Å². The third kappa shape index (κ3) is 3.91. The normalized spacial score (nSPS) is 10.2. The van der Waals surface area contributed by atoms with Gasteiger partial charge in [-0.1, -0.05) is 30.3 Å². The Morgan fingerprint density at radius 2 is 2.08 bits per heavy atom. The molecule has 0 amide bonds. The number of ether oxygens (including phenoxy) is 1. The van der Waals surface area contributed by atoms with Crippen LogP contribution < -0.4 is 0 Å². The van der Waals surface area contributed by atoms with E-state index < -0.39 is 4.92 Å². The molecule has 0 bridgehead atoms. The van der Waals surface area contributed by atoms with Gasteiger partial charge in [0.1, 0.15) is 6.61 Å². The summed E-state index contributed by atoms with van der Waals surface area (Å²) < 4.78 is 4.91. The summed E-state index contributed by atoms with van der Waals surface area (Å²) in [4.78, 5) is 9.28. The number of hydrogen-bond donors (Lipinski definition) is 0. The summed E-state index contributed by atoms with van der Waals surface area (Å²) in [6.45, 7) is 0.352. The lowest BCUT2D eigenvalue weighted by atomic mass is 10.2. The molecule has 1 aromatic rings. The predicted molar refractivity (Wildman–Crippen MR) is 47.4 cm³/mol. The van der Waals surface area contributed by atoms with Crippen LogP contribution in [-0.4, -0.2) is 4.92 Å². The lowest BCUT2D eigenvalue weighted by molar-refractivity contribution is -0.404. The fourth-order valence-electron chi connectivity index (χ4n) is 0.811. The zero-order valence-electron chi connectivity index (χ0n) is 6.92. The van der Waals surface area contributed by atoms with E-state index in [1.54, 1.807) is 0 Å². The molecule has 4 nitrogen and oxygen atoms in total. The van der Waals surface area contributed by atoms with Gasteiger partial charge in [0.25, 0.3) is 6.20 Å². The number of hydrogen-bond acceptors (Lipinski definition) is 3. The Bertz CT molecular complexity index is 295. The van der Waals surface area contributed by atoms with E-state index in [2.05, 4.69) is 0 Å². The van der Waals surface area contributed by atoms with Crippen LogP contribution in [0.5, 0.6) is 0 Å². The van der Waals surface area contributed by atoms with Crippen molar-refractivity contribution >= 4 is 0 Å². The molecular weight excluding hydrogens is 170 g/mol. The molecule has 1 rings (SSSR count). The summed E-state index contributed by atoms with van der Waals surface area (Å²) in [5.74, 6) is 0. The molecule has 68 valence electrons. The Labute approximate surface area is 75.6 Å². The molecule has 0 N–H and O–H groups in total. The Morgan fingerprint density at radius 1 is 1.38 bits per heavy atom. The van der Waals surface area contributed by atoms with Crippen LogP contribution in [0, 0.1) is 10.1 Å². The first-order valence-corrected chi connectivity index (χ1v) is 3.75. The number of nitro groups is 1. The van der Waals surface area contributed by atoms with Gasteiger partial charge >= 0.3 is 0 Å². The highest BCUT2D eigenvalue weighted by Gasteiger charge is 1.89. The fraction of sp³-hybridized carbons (Fsp3) is 0.111. The molecule has 0 spiro atoms. The van der Waals surface area contributed by atoms with Gasteiger partial charge in [0.2, 0.25) is 0 Å². The Kier molecular flexibility index (Phi) is 3.50. The second kappa shape index (κ2) is 4.92. The van der Waals surface area contributed by atoms with Crippen molar-refractivity contribution in [1.82, 2.24) is 0 Å². The standard InChI is InChI=1S/C9H9NO3/c11-10(12)6-7-13-8-9-4-2-1-3-5-9/h1-7H,8H2/b7-6+. The fourth-order valence-corrected chi connectivity index (χ4v) is 0.811. The summed E-state index contributed by atoms with van der Waals surface area (Å²) in [6, 6.07) is 9.45. The highest BCUT2D eigenvalue weighted by atomic mass is 16.6. The van der Waals surface area contributed by atoms with E-state index >= 15 is 0 Å². The molecule has 0 aliphatic heterocycles. The molecular formula is C9H9NO3. The van der Waals surface area contributed by atoms with Crippen molar-refractivity contribution in [2.45, 2.75) is 6.61 Å². The van der Waals surface area contributed by atoms with Gasteiger partial charge in [-0.05, 0) is 5.56 Å². The highest BCUT2D eigenvalue weighted by molar-refractivity contribution is 5.13. The highest BCUT2D eigenvalue weighted by Crippen LogP contribution is 2.00. The van der Waals surface area contributed by atoms with E-state index in [1.165, 1.54) is 0 Å². The number of benzene rings is 1. The minimum atomic E-state index is -0.564. The van der Waals surface area contributed by atoms with Crippen LogP contribution >= 0.6 is 0 Å². The average molecular weight is 179 g/mol. The van der Waals surface area contributed by atoms with Crippen LogP contribution in [0.25, 0.3) is 0 Å². The van der Waals surface area contributed by atoms with Crippen LogP contribution in [0.4, 0.5) is 0 Å². The third-order valence-electron chi connectivity index (χ3n) is 1.37. The SMILES string of the molecule is O=[N+]([O-])/C=C/OCc1ccccc1. The van der Waals surface area contributed by atoms with Crippen LogP contribution in [-0.2, 0) is 11.3 Å². The van der Waals surface area contributed by atoms with E-state index in [0.29, 0.717) is 6.61 Å². The van der Waals surface area contributed by atoms with Crippen molar-refractivity contribution in [3.63, 3.8) is 0 Å². The molecule has 0 aromatic heterocycles. The van der Waals surface area contributed by atoms with Gasteiger partial charge in [0.05, 0.1) is 4.92 Å². The molecule has 0 saturated carbocycles. The number of nitrogens with zero attached hydrogens (tertiary/aromatic N) is 1. The first-order valence-electron chi connectivity index (χ1n) is 3.75. The monoisotopic (exact) mass is 179 g/mol. The maximum absolute atomic E-state index is 9.85. The first-order chi connectivity index (χ1) is 6.29. The third-order valence-corrected chi connectivity index (χ3v) is 1.37. The Morgan fingerprint density at radius 3 is 2.69 bits per heavy atom. The smallest absolute Gasteiger partial charge is 0.268 e. The summed E-state index contributed by atoms with van der Waals surface area (Å²) in [6.07, 6.45) is 1.84. The molecule has 1 aromatic carbocycles. The van der Waals surface area contributed by atoms with Gasteiger partial charge < -0.3 is 4.74 Å². The van der Waals surface area contributed by atoms with Gasteiger partial charge in [0.15, 0.2) is 6.26 Å². The molecule has 0 saturated heterocycles. The second-order valence-electron chi connectivity index (χ2n) is 2.37. The zero-order valence-corrected chi connectivity index (χ0v) is 6.92. The van der Waals surface area contributed by atoms with Crippen LogP contribution in [0.2, 0.25) is 0 Å². The molecule has 0 unspecified atom stereocenters. The van der Waals surface area contributed by atoms with E-state index in [9.17, 15) is 10.1 Å². The molecule has 0 heterocycles. The maximum Gasteiger partial charge on any atom is 0.268 e. The van der Waals surface area contributed by atoms with Gasteiger partial charge in [-0.2, -0.15) is 0 Å². The van der Waals surface area contributed by atoms with Crippen LogP contribution in [0.15, 0.2) is 42.8 Å². The largest absolute Gasteiger partial charge is 0.490 e. The van der Waals surface area contributed by atoms with Gasteiger partial charge in [-0.3, -0.25) is 10.1 Å². The zero-order chi connectivity index (χ0) is 9.52. The maximum atomic E-state index is 9.85. The quantitative estimate of drug-likeness (QED) is 0.403. The van der Waals surface area contributed by atoms with Crippen LogP contribution in [0.3, 0.4) is 0 Å². The molecule has 0 atom stereocenters. The molecule has 0 aliphatic rings. The minimum absolute atomic E-state index is 0.352. The van der Waals surface area contributed by atoms with Gasteiger partial charge in [0, 0.05) is 0 Å². The van der Waals surface area contributed by atoms with Crippen molar-refractivity contribution in [2.24, 2.45) is 0 Å². The van der Waals surface area contributed by atoms with Crippen molar-refractivity contribution in [2.75, 3.05) is 0 Å². The second-order valence-corrected chi connectivity index (χ2v) is 2.37. The first kappa shape index (κ1) is 9.25. The lowest BCUT2D eigenvalue weighted by Crippen LogP contribution is -1.87.